The van der Waals surface area contributed by atoms with E-state index in [-0.39, 0.29) is 5.97 Å². The predicted molar refractivity (Wildman–Crippen MR) is 79.1 cm³/mol. The van der Waals surface area contributed by atoms with Crippen molar-refractivity contribution in [2.24, 2.45) is 0 Å². The molecule has 0 aliphatic carbocycles. The van der Waals surface area contributed by atoms with Crippen LogP contribution in [-0.4, -0.2) is 16.6 Å². The fourth-order valence-corrected chi connectivity index (χ4v) is 1.66. The molecular formula is C16H18N2O2. The van der Waals surface area contributed by atoms with E-state index < -0.39 is 5.60 Å². The summed E-state index contributed by atoms with van der Waals surface area (Å²) in [6.45, 7) is 5.55. The van der Waals surface area contributed by atoms with Crippen LogP contribution in [0.15, 0.2) is 48.8 Å². The number of hydrogen-bond donors (Lipinski definition) is 1. The minimum atomic E-state index is -0.494. The summed E-state index contributed by atoms with van der Waals surface area (Å²) < 4.78 is 5.35. The first kappa shape index (κ1) is 14.1. The third-order valence-electron chi connectivity index (χ3n) is 2.47. The van der Waals surface area contributed by atoms with Crippen LogP contribution in [0, 0.1) is 0 Å². The molecule has 4 nitrogen and oxygen atoms in total. The van der Waals surface area contributed by atoms with Gasteiger partial charge in [-0.25, -0.2) is 4.79 Å². The van der Waals surface area contributed by atoms with E-state index in [0.717, 1.165) is 11.4 Å². The maximum Gasteiger partial charge on any atom is 0.338 e. The Hall–Kier alpha value is -2.36. The number of carbonyl (C=O) groups is 1. The Labute approximate surface area is 118 Å². The Morgan fingerprint density at radius 3 is 2.45 bits per heavy atom. The number of hydrogen-bond acceptors (Lipinski definition) is 4. The number of aromatic nitrogens is 1. The van der Waals surface area contributed by atoms with Crippen LogP contribution in [0.5, 0.6) is 0 Å². The van der Waals surface area contributed by atoms with Gasteiger partial charge in [-0.2, -0.15) is 0 Å². The van der Waals surface area contributed by atoms with Crippen LogP contribution < -0.4 is 5.32 Å². The molecule has 0 spiro atoms. The summed E-state index contributed by atoms with van der Waals surface area (Å²) in [5.74, 6) is -0.323. The zero-order valence-electron chi connectivity index (χ0n) is 11.9. The van der Waals surface area contributed by atoms with Crippen LogP contribution >= 0.6 is 0 Å². The number of rotatable bonds is 3. The van der Waals surface area contributed by atoms with E-state index in [0.29, 0.717) is 5.56 Å². The average Bonchev–Trinajstić information content (AvgIpc) is 2.38. The Morgan fingerprint density at radius 2 is 1.80 bits per heavy atom. The first-order valence-electron chi connectivity index (χ1n) is 6.44. The van der Waals surface area contributed by atoms with Gasteiger partial charge in [0.05, 0.1) is 5.56 Å². The molecule has 4 heteroatoms. The van der Waals surface area contributed by atoms with E-state index in [1.54, 1.807) is 24.5 Å². The number of esters is 1. The van der Waals surface area contributed by atoms with Crippen LogP contribution in [0.25, 0.3) is 0 Å². The molecule has 0 amide bonds. The summed E-state index contributed by atoms with van der Waals surface area (Å²) in [5.41, 5.74) is 1.78. The molecule has 0 unspecified atom stereocenters. The van der Waals surface area contributed by atoms with Gasteiger partial charge < -0.3 is 10.1 Å². The molecule has 0 atom stereocenters. The third-order valence-corrected chi connectivity index (χ3v) is 2.47. The summed E-state index contributed by atoms with van der Waals surface area (Å²) >= 11 is 0. The Balaban J connectivity index is 2.14. The van der Waals surface area contributed by atoms with Crippen molar-refractivity contribution in [3.05, 3.63) is 54.4 Å². The lowest BCUT2D eigenvalue weighted by molar-refractivity contribution is 0.00696. The summed E-state index contributed by atoms with van der Waals surface area (Å²) in [7, 11) is 0. The number of nitrogens with one attached hydrogen (secondary N) is 1. The molecule has 20 heavy (non-hydrogen) atoms. The molecule has 0 saturated heterocycles. The van der Waals surface area contributed by atoms with Gasteiger partial charge in [0, 0.05) is 23.8 Å². The first-order chi connectivity index (χ1) is 9.44. The van der Waals surface area contributed by atoms with Crippen molar-refractivity contribution in [1.29, 1.82) is 0 Å². The largest absolute Gasteiger partial charge is 0.456 e. The monoisotopic (exact) mass is 270 g/mol. The highest BCUT2D eigenvalue weighted by atomic mass is 16.6. The highest BCUT2D eigenvalue weighted by molar-refractivity contribution is 5.91. The minimum Gasteiger partial charge on any atom is -0.456 e. The maximum atomic E-state index is 12.0. The number of benzene rings is 1. The van der Waals surface area contributed by atoms with Gasteiger partial charge in [-0.3, -0.25) is 4.98 Å². The van der Waals surface area contributed by atoms with Gasteiger partial charge in [0.15, 0.2) is 0 Å². The van der Waals surface area contributed by atoms with Crippen molar-refractivity contribution < 1.29 is 9.53 Å². The fourth-order valence-electron chi connectivity index (χ4n) is 1.66. The lowest BCUT2D eigenvalue weighted by atomic mass is 10.1. The summed E-state index contributed by atoms with van der Waals surface area (Å²) in [6.07, 6.45) is 3.42. The number of carbonyl (C=O) groups excluding carboxylic acids is 1. The van der Waals surface area contributed by atoms with E-state index in [2.05, 4.69) is 10.3 Å². The van der Waals surface area contributed by atoms with Crippen molar-refractivity contribution in [2.45, 2.75) is 26.4 Å². The van der Waals surface area contributed by atoms with Crippen molar-refractivity contribution in [2.75, 3.05) is 5.32 Å². The molecule has 0 saturated carbocycles. The Bertz CT molecular complexity index is 589. The van der Waals surface area contributed by atoms with Crippen LogP contribution in [0.3, 0.4) is 0 Å². The summed E-state index contributed by atoms with van der Waals surface area (Å²) in [4.78, 5) is 16.0. The van der Waals surface area contributed by atoms with Gasteiger partial charge >= 0.3 is 5.97 Å². The van der Waals surface area contributed by atoms with Crippen LogP contribution in [0.2, 0.25) is 0 Å². The van der Waals surface area contributed by atoms with Gasteiger partial charge in [0.1, 0.15) is 5.60 Å². The molecule has 1 aromatic carbocycles. The molecule has 0 fully saturated rings. The minimum absolute atomic E-state index is 0.323. The molecule has 0 bridgehead atoms. The maximum absolute atomic E-state index is 12.0. The van der Waals surface area contributed by atoms with Gasteiger partial charge in [-0.15, -0.1) is 0 Å². The molecule has 0 aliphatic rings. The second kappa shape index (κ2) is 5.74. The van der Waals surface area contributed by atoms with Gasteiger partial charge in [0.2, 0.25) is 0 Å². The zero-order valence-corrected chi connectivity index (χ0v) is 11.9. The smallest absolute Gasteiger partial charge is 0.338 e. The standard InChI is InChI=1S/C16H18N2O2/c1-16(2,3)20-15(19)12-5-4-6-14(11-12)18-13-7-9-17-10-8-13/h4-11H,1-3H3,(H,17,18). The second-order valence-corrected chi connectivity index (χ2v) is 5.44. The molecule has 2 aromatic rings. The van der Waals surface area contributed by atoms with Crippen LogP contribution in [0.1, 0.15) is 31.1 Å². The molecule has 1 aromatic heterocycles. The molecule has 0 aliphatic heterocycles. The van der Waals surface area contributed by atoms with Gasteiger partial charge in [-0.1, -0.05) is 6.07 Å². The van der Waals surface area contributed by atoms with E-state index in [1.165, 1.54) is 0 Å². The first-order valence-corrected chi connectivity index (χ1v) is 6.44. The van der Waals surface area contributed by atoms with E-state index in [9.17, 15) is 4.79 Å². The Kier molecular flexibility index (Phi) is 4.03. The lowest BCUT2D eigenvalue weighted by Crippen LogP contribution is -2.23. The molecule has 1 N–H and O–H groups in total. The van der Waals surface area contributed by atoms with Crippen LogP contribution in [0.4, 0.5) is 11.4 Å². The van der Waals surface area contributed by atoms with E-state index >= 15 is 0 Å². The quantitative estimate of drug-likeness (QED) is 0.862. The van der Waals surface area contributed by atoms with Crippen molar-refractivity contribution in [3.8, 4) is 0 Å². The van der Waals surface area contributed by atoms with Crippen molar-refractivity contribution in [3.63, 3.8) is 0 Å². The van der Waals surface area contributed by atoms with E-state index in [1.807, 2.05) is 45.0 Å². The normalized spacial score (nSPS) is 10.9. The highest BCUT2D eigenvalue weighted by Crippen LogP contribution is 2.19. The lowest BCUT2D eigenvalue weighted by Gasteiger charge is -2.19. The van der Waals surface area contributed by atoms with Crippen LogP contribution in [-0.2, 0) is 4.74 Å². The average molecular weight is 270 g/mol. The SMILES string of the molecule is CC(C)(C)OC(=O)c1cccc(Nc2ccncc2)c1. The Morgan fingerprint density at radius 1 is 1.10 bits per heavy atom. The predicted octanol–water partition coefficient (Wildman–Crippen LogP) is 3.78. The van der Waals surface area contributed by atoms with Gasteiger partial charge in [-0.05, 0) is 51.1 Å². The van der Waals surface area contributed by atoms with Gasteiger partial charge in [0.25, 0.3) is 0 Å². The fraction of sp³-hybridized carbons (Fsp3) is 0.250. The molecule has 104 valence electrons. The number of ether oxygens (including phenoxy) is 1. The molecule has 1 heterocycles. The number of pyridine rings is 1. The summed E-state index contributed by atoms with van der Waals surface area (Å²) in [6, 6.07) is 11.0. The molecule has 2 rings (SSSR count). The van der Waals surface area contributed by atoms with E-state index in [4.69, 9.17) is 4.74 Å². The number of anilines is 2. The zero-order chi connectivity index (χ0) is 14.6. The number of nitrogens with zero attached hydrogens (tertiary/aromatic N) is 1. The molecule has 0 radical (unpaired) electrons. The topological polar surface area (TPSA) is 51.2 Å². The highest BCUT2D eigenvalue weighted by Gasteiger charge is 2.17. The molecular weight excluding hydrogens is 252 g/mol. The van der Waals surface area contributed by atoms with Crippen molar-refractivity contribution in [1.82, 2.24) is 4.98 Å². The van der Waals surface area contributed by atoms with Crippen molar-refractivity contribution >= 4 is 17.3 Å². The second-order valence-electron chi connectivity index (χ2n) is 5.44. The summed E-state index contributed by atoms with van der Waals surface area (Å²) in [5, 5.41) is 3.21. The third kappa shape index (κ3) is 4.09.